The molecule has 2 amide bonds. The molecule has 0 aromatic heterocycles. The van der Waals surface area contributed by atoms with Crippen molar-refractivity contribution in [2.45, 2.75) is 0 Å². The molecular weight excluding hydrogens is 457 g/mol. The third-order valence-electron chi connectivity index (χ3n) is 3.04. The van der Waals surface area contributed by atoms with Gasteiger partial charge in [0.2, 0.25) is 0 Å². The lowest BCUT2D eigenvalue weighted by Crippen LogP contribution is -2.32. The predicted octanol–water partition coefficient (Wildman–Crippen LogP) is 3.86. The minimum atomic E-state index is -0.960. The van der Waals surface area contributed by atoms with E-state index >= 15 is 0 Å². The summed E-state index contributed by atoms with van der Waals surface area (Å²) in [7, 11) is 0. The van der Waals surface area contributed by atoms with Gasteiger partial charge in [-0.2, -0.15) is 5.10 Å². The topological polar surface area (TPSA) is 79.8 Å². The van der Waals surface area contributed by atoms with Gasteiger partial charge in [-0.05, 0) is 36.4 Å². The SMILES string of the molecule is C#CCOc1ccc(Br)cc1C=NNC(=O)C(=O)Nc1ccc(Cl)c(Cl)c1. The molecule has 27 heavy (non-hydrogen) atoms. The molecule has 2 rings (SSSR count). The Bertz CT molecular complexity index is 942. The highest BCUT2D eigenvalue weighted by Gasteiger charge is 2.13. The van der Waals surface area contributed by atoms with Crippen LogP contribution in [0.3, 0.4) is 0 Å². The lowest BCUT2D eigenvalue weighted by atomic mass is 10.2. The number of ether oxygens (including phenoxy) is 1. The largest absolute Gasteiger partial charge is 0.480 e. The number of carbonyl (C=O) groups is 2. The Morgan fingerprint density at radius 1 is 1.19 bits per heavy atom. The van der Waals surface area contributed by atoms with Crippen molar-refractivity contribution in [3.8, 4) is 18.1 Å². The minimum absolute atomic E-state index is 0.0842. The maximum Gasteiger partial charge on any atom is 0.329 e. The molecule has 0 radical (unpaired) electrons. The molecule has 0 fully saturated rings. The van der Waals surface area contributed by atoms with Crippen molar-refractivity contribution in [2.24, 2.45) is 5.10 Å². The van der Waals surface area contributed by atoms with Gasteiger partial charge in [-0.1, -0.05) is 45.1 Å². The summed E-state index contributed by atoms with van der Waals surface area (Å²) in [5, 5.41) is 6.73. The molecule has 0 aliphatic carbocycles. The minimum Gasteiger partial charge on any atom is -0.480 e. The zero-order chi connectivity index (χ0) is 19.8. The zero-order valence-corrected chi connectivity index (χ0v) is 16.7. The maximum absolute atomic E-state index is 11.9. The fourth-order valence-electron chi connectivity index (χ4n) is 1.84. The number of nitrogens with zero attached hydrogens (tertiary/aromatic N) is 1. The second-order valence-electron chi connectivity index (χ2n) is 4.96. The molecule has 9 heteroatoms. The Morgan fingerprint density at radius 2 is 1.96 bits per heavy atom. The Hall–Kier alpha value is -2.53. The molecule has 0 aliphatic heterocycles. The molecule has 0 saturated carbocycles. The van der Waals surface area contributed by atoms with E-state index in [2.05, 4.69) is 37.7 Å². The number of amides is 2. The van der Waals surface area contributed by atoms with Crippen molar-refractivity contribution in [1.82, 2.24) is 5.43 Å². The fourth-order valence-corrected chi connectivity index (χ4v) is 2.52. The van der Waals surface area contributed by atoms with Gasteiger partial charge in [-0.15, -0.1) is 6.42 Å². The number of benzene rings is 2. The number of hydrogen-bond donors (Lipinski definition) is 2. The molecule has 2 aromatic carbocycles. The van der Waals surface area contributed by atoms with E-state index in [1.807, 2.05) is 0 Å². The Balaban J connectivity index is 2.00. The lowest BCUT2D eigenvalue weighted by molar-refractivity contribution is -0.136. The number of rotatable bonds is 5. The number of anilines is 1. The summed E-state index contributed by atoms with van der Waals surface area (Å²) in [4.78, 5) is 23.7. The molecule has 138 valence electrons. The second-order valence-corrected chi connectivity index (χ2v) is 6.69. The van der Waals surface area contributed by atoms with Gasteiger partial charge in [-0.25, -0.2) is 5.43 Å². The van der Waals surface area contributed by atoms with Crippen LogP contribution < -0.4 is 15.5 Å². The van der Waals surface area contributed by atoms with Crippen LogP contribution >= 0.6 is 39.1 Å². The van der Waals surface area contributed by atoms with E-state index in [1.54, 1.807) is 18.2 Å². The second kappa shape index (κ2) is 9.97. The maximum atomic E-state index is 11.9. The Morgan fingerprint density at radius 3 is 2.67 bits per heavy atom. The number of hydrazone groups is 1. The van der Waals surface area contributed by atoms with Crippen LogP contribution in [0.4, 0.5) is 5.69 Å². The summed E-state index contributed by atoms with van der Waals surface area (Å²) in [5.41, 5.74) is 3.01. The van der Waals surface area contributed by atoms with E-state index in [0.29, 0.717) is 22.0 Å². The first-order chi connectivity index (χ1) is 12.9. The van der Waals surface area contributed by atoms with E-state index < -0.39 is 11.8 Å². The van der Waals surface area contributed by atoms with Crippen LogP contribution in [0.15, 0.2) is 46.0 Å². The van der Waals surface area contributed by atoms with Gasteiger partial charge < -0.3 is 10.1 Å². The molecule has 2 aromatic rings. The Kier molecular flexibility index (Phi) is 7.67. The summed E-state index contributed by atoms with van der Waals surface area (Å²) >= 11 is 15.0. The standard InChI is InChI=1S/C18H12BrCl2N3O3/c1-2-7-27-16-6-3-12(19)8-11(16)10-22-24-18(26)17(25)23-13-4-5-14(20)15(21)9-13/h1,3-6,8-10H,7H2,(H,23,25)(H,24,26). The first kappa shape index (κ1) is 20.8. The van der Waals surface area contributed by atoms with Gasteiger partial charge in [0, 0.05) is 15.7 Å². The van der Waals surface area contributed by atoms with Crippen molar-refractivity contribution in [1.29, 1.82) is 0 Å². The summed E-state index contributed by atoms with van der Waals surface area (Å²) in [6, 6.07) is 9.63. The summed E-state index contributed by atoms with van der Waals surface area (Å²) in [6.45, 7) is 0.0842. The average Bonchev–Trinajstić information content (AvgIpc) is 2.64. The molecule has 0 saturated heterocycles. The number of halogens is 3. The van der Waals surface area contributed by atoms with Gasteiger partial charge in [0.05, 0.1) is 16.3 Å². The van der Waals surface area contributed by atoms with Crippen LogP contribution in [-0.4, -0.2) is 24.6 Å². The zero-order valence-electron chi connectivity index (χ0n) is 13.6. The van der Waals surface area contributed by atoms with Gasteiger partial charge in [0.15, 0.2) is 0 Å². The molecule has 6 nitrogen and oxygen atoms in total. The molecule has 2 N–H and O–H groups in total. The van der Waals surface area contributed by atoms with Crippen LogP contribution in [0.5, 0.6) is 5.75 Å². The molecule has 0 unspecified atom stereocenters. The van der Waals surface area contributed by atoms with E-state index in [9.17, 15) is 9.59 Å². The monoisotopic (exact) mass is 467 g/mol. The first-order valence-corrected chi connectivity index (χ1v) is 8.91. The quantitative estimate of drug-likeness (QED) is 0.302. The van der Waals surface area contributed by atoms with Gasteiger partial charge in [0.1, 0.15) is 12.4 Å². The third kappa shape index (κ3) is 6.29. The highest BCUT2D eigenvalue weighted by molar-refractivity contribution is 9.10. The number of hydrogen-bond acceptors (Lipinski definition) is 4. The number of carbonyl (C=O) groups excluding carboxylic acids is 2. The molecule has 0 bridgehead atoms. The van der Waals surface area contributed by atoms with Crippen LogP contribution in [0, 0.1) is 12.3 Å². The molecule has 0 heterocycles. The molecule has 0 spiro atoms. The molecular formula is C18H12BrCl2N3O3. The van der Waals surface area contributed by atoms with E-state index in [4.69, 9.17) is 34.4 Å². The van der Waals surface area contributed by atoms with Crippen molar-refractivity contribution in [2.75, 3.05) is 11.9 Å². The van der Waals surface area contributed by atoms with Crippen molar-refractivity contribution in [3.63, 3.8) is 0 Å². The van der Waals surface area contributed by atoms with Gasteiger partial charge >= 0.3 is 11.8 Å². The highest BCUT2D eigenvalue weighted by Crippen LogP contribution is 2.25. The number of terminal acetylenes is 1. The first-order valence-electron chi connectivity index (χ1n) is 7.36. The fraction of sp³-hybridized carbons (Fsp3) is 0.0556. The van der Waals surface area contributed by atoms with Gasteiger partial charge in [0.25, 0.3) is 0 Å². The van der Waals surface area contributed by atoms with Crippen LogP contribution in [-0.2, 0) is 9.59 Å². The molecule has 0 aliphatic rings. The van der Waals surface area contributed by atoms with E-state index in [-0.39, 0.29) is 11.6 Å². The van der Waals surface area contributed by atoms with E-state index in [1.165, 1.54) is 24.4 Å². The van der Waals surface area contributed by atoms with Crippen molar-refractivity contribution >= 4 is 62.8 Å². The van der Waals surface area contributed by atoms with Gasteiger partial charge in [-0.3, -0.25) is 9.59 Å². The lowest BCUT2D eigenvalue weighted by Gasteiger charge is -2.07. The van der Waals surface area contributed by atoms with Crippen molar-refractivity contribution < 1.29 is 14.3 Å². The highest BCUT2D eigenvalue weighted by atomic mass is 79.9. The average molecular weight is 469 g/mol. The summed E-state index contributed by atoms with van der Waals surface area (Å²) < 4.78 is 6.16. The van der Waals surface area contributed by atoms with Crippen LogP contribution in [0.1, 0.15) is 5.56 Å². The van der Waals surface area contributed by atoms with Crippen LogP contribution in [0.25, 0.3) is 0 Å². The predicted molar refractivity (Wildman–Crippen MR) is 109 cm³/mol. The smallest absolute Gasteiger partial charge is 0.329 e. The number of nitrogens with one attached hydrogen (secondary N) is 2. The van der Waals surface area contributed by atoms with E-state index in [0.717, 1.165) is 4.47 Å². The third-order valence-corrected chi connectivity index (χ3v) is 4.27. The summed E-state index contributed by atoms with van der Waals surface area (Å²) in [6.07, 6.45) is 6.51. The normalized spacial score (nSPS) is 10.3. The summed E-state index contributed by atoms with van der Waals surface area (Å²) in [5.74, 6) is 0.967. The Labute approximate surface area is 174 Å². The molecule has 0 atom stereocenters. The van der Waals surface area contributed by atoms with Crippen LogP contribution in [0.2, 0.25) is 10.0 Å². The van der Waals surface area contributed by atoms with Crippen molar-refractivity contribution in [3.05, 3.63) is 56.5 Å².